The molecule has 4 unspecified atom stereocenters. The molecule has 0 saturated carbocycles. The monoisotopic (exact) mass is 486 g/mol. The molecule has 5 rings (SSSR count). The second kappa shape index (κ2) is 8.97. The zero-order valence-electron chi connectivity index (χ0n) is 19.0. The second-order valence-corrected chi connectivity index (χ2v) is 9.01. The minimum absolute atomic E-state index is 0.0354. The van der Waals surface area contributed by atoms with Crippen LogP contribution in [0.25, 0.3) is 0 Å². The van der Waals surface area contributed by atoms with Gasteiger partial charge in [-0.05, 0) is 23.3 Å². The number of imide groups is 1. The van der Waals surface area contributed by atoms with Gasteiger partial charge >= 0.3 is 5.97 Å². The van der Waals surface area contributed by atoms with Gasteiger partial charge in [-0.2, -0.15) is 0 Å². The van der Waals surface area contributed by atoms with E-state index in [0.29, 0.717) is 11.3 Å². The normalized spacial score (nSPS) is 25.1. The summed E-state index contributed by atoms with van der Waals surface area (Å²) in [7, 11) is 0. The molecule has 0 radical (unpaired) electrons. The number of rotatable bonds is 7. The number of nitrogens with one attached hydrogen (secondary N) is 1. The molecule has 1 aromatic heterocycles. The van der Waals surface area contributed by atoms with Crippen molar-refractivity contribution in [3.8, 4) is 0 Å². The number of aromatic nitrogens is 1. The molecular formula is C26H22N4O6. The molecule has 3 heterocycles. The van der Waals surface area contributed by atoms with Crippen molar-refractivity contribution in [2.24, 2.45) is 11.8 Å². The summed E-state index contributed by atoms with van der Waals surface area (Å²) < 4.78 is 0. The Balaban J connectivity index is 1.58. The summed E-state index contributed by atoms with van der Waals surface area (Å²) in [5.74, 6) is -4.46. The highest BCUT2D eigenvalue weighted by atomic mass is 16.6. The van der Waals surface area contributed by atoms with Crippen LogP contribution in [-0.2, 0) is 27.3 Å². The van der Waals surface area contributed by atoms with Gasteiger partial charge in [-0.15, -0.1) is 0 Å². The summed E-state index contributed by atoms with van der Waals surface area (Å²) in [6, 6.07) is 18.9. The molecule has 2 saturated heterocycles. The summed E-state index contributed by atoms with van der Waals surface area (Å²) in [5, 5.41) is 24.6. The number of nitrogens with zero attached hydrogens (tertiary/aromatic N) is 3. The van der Waals surface area contributed by atoms with Crippen molar-refractivity contribution in [1.29, 1.82) is 0 Å². The topological polar surface area (TPSA) is 143 Å². The average molecular weight is 486 g/mol. The van der Waals surface area contributed by atoms with Crippen molar-refractivity contribution in [2.45, 2.75) is 24.5 Å². The van der Waals surface area contributed by atoms with Crippen LogP contribution in [0.3, 0.4) is 0 Å². The summed E-state index contributed by atoms with van der Waals surface area (Å²) in [4.78, 5) is 56.2. The summed E-state index contributed by atoms with van der Waals surface area (Å²) in [6.45, 7) is 0.0354. The van der Waals surface area contributed by atoms with Gasteiger partial charge in [0.2, 0.25) is 11.8 Å². The Bertz CT molecular complexity index is 1330. The Morgan fingerprint density at radius 3 is 2.31 bits per heavy atom. The maximum absolute atomic E-state index is 13.7. The number of non-ortho nitro benzene ring substituents is 1. The predicted molar refractivity (Wildman–Crippen MR) is 126 cm³/mol. The van der Waals surface area contributed by atoms with E-state index >= 15 is 0 Å². The molecule has 4 atom stereocenters. The number of fused-ring (bicyclic) bond motifs is 1. The largest absolute Gasteiger partial charge is 0.480 e. The lowest BCUT2D eigenvalue weighted by Crippen LogP contribution is -2.57. The van der Waals surface area contributed by atoms with Gasteiger partial charge in [0.1, 0.15) is 5.54 Å². The van der Waals surface area contributed by atoms with E-state index in [0.717, 1.165) is 10.5 Å². The van der Waals surface area contributed by atoms with Crippen LogP contribution in [0, 0.1) is 22.0 Å². The van der Waals surface area contributed by atoms with Crippen molar-refractivity contribution in [1.82, 2.24) is 15.2 Å². The fourth-order valence-electron chi connectivity index (χ4n) is 5.29. The molecule has 36 heavy (non-hydrogen) atoms. The fourth-order valence-corrected chi connectivity index (χ4v) is 5.29. The third-order valence-electron chi connectivity index (χ3n) is 6.95. The molecule has 182 valence electrons. The first-order valence-electron chi connectivity index (χ1n) is 11.4. The number of hydrogen-bond acceptors (Lipinski definition) is 7. The number of carbonyl (C=O) groups excluding carboxylic acids is 2. The molecule has 2 aliphatic heterocycles. The first-order chi connectivity index (χ1) is 17.3. The molecule has 10 heteroatoms. The lowest BCUT2D eigenvalue weighted by molar-refractivity contribution is -0.384. The van der Waals surface area contributed by atoms with Gasteiger partial charge in [-0.25, -0.2) is 0 Å². The maximum Gasteiger partial charge on any atom is 0.325 e. The molecule has 2 fully saturated rings. The Morgan fingerprint density at radius 2 is 1.69 bits per heavy atom. The van der Waals surface area contributed by atoms with E-state index in [4.69, 9.17) is 0 Å². The zero-order valence-corrected chi connectivity index (χ0v) is 19.0. The van der Waals surface area contributed by atoms with Gasteiger partial charge in [0.05, 0.1) is 35.0 Å². The molecule has 0 aliphatic carbocycles. The van der Waals surface area contributed by atoms with Gasteiger partial charge in [-0.1, -0.05) is 48.5 Å². The number of benzene rings is 2. The Morgan fingerprint density at radius 1 is 1.00 bits per heavy atom. The number of nitro benzene ring substituents is 1. The molecule has 0 bridgehead atoms. The highest BCUT2D eigenvalue weighted by Crippen LogP contribution is 2.50. The van der Waals surface area contributed by atoms with E-state index in [1.54, 1.807) is 48.7 Å². The Kier molecular flexibility index (Phi) is 5.81. The van der Waals surface area contributed by atoms with Gasteiger partial charge in [0, 0.05) is 24.8 Å². The number of likely N-dealkylation sites (tertiary alicyclic amines) is 1. The Labute approximate surface area is 205 Å². The van der Waals surface area contributed by atoms with E-state index in [9.17, 15) is 29.6 Å². The van der Waals surface area contributed by atoms with Gasteiger partial charge in [0.15, 0.2) is 0 Å². The van der Waals surface area contributed by atoms with Crippen LogP contribution in [0.1, 0.15) is 22.9 Å². The maximum atomic E-state index is 13.7. The molecule has 2 N–H and O–H groups in total. The van der Waals surface area contributed by atoms with Crippen LogP contribution < -0.4 is 5.32 Å². The second-order valence-electron chi connectivity index (χ2n) is 9.01. The first kappa shape index (κ1) is 23.3. The third-order valence-corrected chi connectivity index (χ3v) is 6.95. The average Bonchev–Trinajstić information content (AvgIpc) is 3.35. The number of carboxylic acids is 1. The van der Waals surface area contributed by atoms with Gasteiger partial charge in [-0.3, -0.25) is 39.7 Å². The van der Waals surface area contributed by atoms with Crippen molar-refractivity contribution in [3.63, 3.8) is 0 Å². The number of carboxylic acid groups (broad SMARTS) is 1. The van der Waals surface area contributed by atoms with Crippen molar-refractivity contribution >= 4 is 23.5 Å². The molecule has 0 spiro atoms. The zero-order chi connectivity index (χ0) is 25.4. The smallest absolute Gasteiger partial charge is 0.325 e. The van der Waals surface area contributed by atoms with E-state index in [-0.39, 0.29) is 18.7 Å². The highest BCUT2D eigenvalue weighted by molar-refractivity contribution is 6.09. The van der Waals surface area contributed by atoms with Crippen LogP contribution in [0.5, 0.6) is 0 Å². The molecule has 10 nitrogen and oxygen atoms in total. The summed E-state index contributed by atoms with van der Waals surface area (Å²) in [6.07, 6.45) is 1.40. The molecular weight excluding hydrogens is 464 g/mol. The first-order valence-corrected chi connectivity index (χ1v) is 11.4. The van der Waals surface area contributed by atoms with Gasteiger partial charge < -0.3 is 5.11 Å². The van der Waals surface area contributed by atoms with Gasteiger partial charge in [0.25, 0.3) is 5.69 Å². The third kappa shape index (κ3) is 3.81. The lowest BCUT2D eigenvalue weighted by atomic mass is 9.76. The van der Waals surface area contributed by atoms with Crippen molar-refractivity contribution in [3.05, 3.63) is 106 Å². The number of amides is 2. The number of nitro groups is 1. The molecule has 3 aromatic rings. The predicted octanol–water partition coefficient (Wildman–Crippen LogP) is 2.50. The molecule has 2 amide bonds. The van der Waals surface area contributed by atoms with Crippen molar-refractivity contribution in [2.75, 3.05) is 0 Å². The number of pyridine rings is 1. The van der Waals surface area contributed by atoms with Crippen molar-refractivity contribution < 1.29 is 24.4 Å². The Hall–Kier alpha value is -4.44. The minimum atomic E-state index is -1.82. The molecule has 2 aromatic carbocycles. The summed E-state index contributed by atoms with van der Waals surface area (Å²) >= 11 is 0. The van der Waals surface area contributed by atoms with Crippen LogP contribution in [-0.4, -0.2) is 43.2 Å². The van der Waals surface area contributed by atoms with E-state index in [1.807, 2.05) is 6.07 Å². The minimum Gasteiger partial charge on any atom is -0.480 e. The standard InChI is InChI=1S/C26H22N4O6/c31-23-20-21(24(32)29(23)15-17-6-2-1-3-7-17)26(25(33)34,28-22(20)19-8-4-5-13-27-19)14-16-9-11-18(12-10-16)30(35)36/h1-13,20-22,28H,14-15H2,(H,33,34). The summed E-state index contributed by atoms with van der Waals surface area (Å²) in [5.41, 5.74) is -0.258. The quantitative estimate of drug-likeness (QED) is 0.295. The number of hydrogen-bond donors (Lipinski definition) is 2. The van der Waals surface area contributed by atoms with Crippen LogP contribution in [0.4, 0.5) is 5.69 Å². The fraction of sp³-hybridized carbons (Fsp3) is 0.231. The van der Waals surface area contributed by atoms with E-state index < -0.39 is 46.1 Å². The van der Waals surface area contributed by atoms with E-state index in [1.165, 1.54) is 24.3 Å². The SMILES string of the molecule is O=C1C2C(c3ccccn3)NC(Cc3ccc([N+](=O)[O-])cc3)(C(=O)O)C2C(=O)N1Cc1ccccc1. The number of aliphatic carboxylic acids is 1. The molecule has 2 aliphatic rings. The lowest BCUT2D eigenvalue weighted by Gasteiger charge is -2.31. The van der Waals surface area contributed by atoms with E-state index in [2.05, 4.69) is 10.3 Å². The number of carbonyl (C=O) groups is 3. The van der Waals surface area contributed by atoms with Crippen LogP contribution >= 0.6 is 0 Å². The highest BCUT2D eigenvalue weighted by Gasteiger charge is 2.68. The van der Waals surface area contributed by atoms with Crippen LogP contribution in [0.2, 0.25) is 0 Å². The van der Waals surface area contributed by atoms with Crippen LogP contribution in [0.15, 0.2) is 79.0 Å².